The fourth-order valence-electron chi connectivity index (χ4n) is 2.40. The van der Waals surface area contributed by atoms with Crippen LogP contribution in [0.15, 0.2) is 47.8 Å². The van der Waals surface area contributed by atoms with Gasteiger partial charge in [0.2, 0.25) is 0 Å². The number of carbonyl (C=O) groups excluding carboxylic acids is 1. The molecule has 0 aliphatic rings. The number of hydrogen-bond acceptors (Lipinski definition) is 5. The van der Waals surface area contributed by atoms with Crippen LogP contribution in [0.5, 0.6) is 11.5 Å². The lowest BCUT2D eigenvalue weighted by atomic mass is 10.2. The van der Waals surface area contributed by atoms with E-state index >= 15 is 0 Å². The van der Waals surface area contributed by atoms with E-state index in [1.165, 1.54) is 18.4 Å². The molecule has 0 atom stereocenters. The average molecular weight is 389 g/mol. The molecule has 0 saturated carbocycles. The number of amides is 1. The van der Waals surface area contributed by atoms with Crippen molar-refractivity contribution >= 4 is 28.8 Å². The summed E-state index contributed by atoms with van der Waals surface area (Å²) in [6.07, 6.45) is 0. The van der Waals surface area contributed by atoms with Crippen molar-refractivity contribution in [1.29, 1.82) is 0 Å². The van der Waals surface area contributed by atoms with Crippen molar-refractivity contribution in [2.24, 2.45) is 0 Å². The van der Waals surface area contributed by atoms with Crippen molar-refractivity contribution in [3.63, 3.8) is 0 Å². The van der Waals surface area contributed by atoms with Crippen LogP contribution < -0.4 is 14.8 Å². The first-order chi connectivity index (χ1) is 12.6. The summed E-state index contributed by atoms with van der Waals surface area (Å²) in [7, 11) is 3.15. The van der Waals surface area contributed by atoms with Crippen LogP contribution in [-0.2, 0) is 6.54 Å². The molecule has 0 unspecified atom stereocenters. The Morgan fingerprint density at radius 1 is 1.15 bits per heavy atom. The van der Waals surface area contributed by atoms with Crippen LogP contribution in [0.1, 0.15) is 15.4 Å². The molecule has 0 fully saturated rings. The summed E-state index contributed by atoms with van der Waals surface area (Å²) in [5, 5.41) is 6.10. The Kier molecular flexibility index (Phi) is 5.75. The van der Waals surface area contributed by atoms with Crippen LogP contribution in [0.2, 0.25) is 5.02 Å². The van der Waals surface area contributed by atoms with Crippen LogP contribution in [0.3, 0.4) is 0 Å². The molecule has 1 amide bonds. The van der Waals surface area contributed by atoms with Gasteiger partial charge in [0.05, 0.1) is 32.0 Å². The van der Waals surface area contributed by atoms with Crippen LogP contribution in [0.4, 0.5) is 0 Å². The molecule has 7 heteroatoms. The standard InChI is InChI=1S/C19H17ClN2O3S/c1-24-14-6-3-12(4-7-14)16-11-26-18(22-16)10-21-19(23)15-9-13(20)5-8-17(15)25-2/h3-9,11H,10H2,1-2H3,(H,21,23). The largest absolute Gasteiger partial charge is 0.497 e. The number of ether oxygens (including phenoxy) is 2. The molecular weight excluding hydrogens is 372 g/mol. The number of thiazole rings is 1. The predicted octanol–water partition coefficient (Wildman–Crippen LogP) is 4.41. The lowest BCUT2D eigenvalue weighted by molar-refractivity contribution is 0.0948. The molecule has 1 heterocycles. The molecular formula is C19H17ClN2O3S. The van der Waals surface area contributed by atoms with E-state index < -0.39 is 0 Å². The van der Waals surface area contributed by atoms with Gasteiger partial charge >= 0.3 is 0 Å². The highest BCUT2D eigenvalue weighted by molar-refractivity contribution is 7.09. The molecule has 2 aromatic carbocycles. The minimum Gasteiger partial charge on any atom is -0.497 e. The van der Waals surface area contributed by atoms with Gasteiger partial charge in [-0.05, 0) is 42.5 Å². The monoisotopic (exact) mass is 388 g/mol. The Morgan fingerprint density at radius 2 is 1.92 bits per heavy atom. The van der Waals surface area contributed by atoms with Crippen LogP contribution >= 0.6 is 22.9 Å². The number of nitrogens with one attached hydrogen (secondary N) is 1. The van der Waals surface area contributed by atoms with E-state index in [4.69, 9.17) is 21.1 Å². The van der Waals surface area contributed by atoms with Crippen LogP contribution in [0.25, 0.3) is 11.3 Å². The molecule has 26 heavy (non-hydrogen) atoms. The van der Waals surface area contributed by atoms with Crippen molar-refractivity contribution in [2.75, 3.05) is 14.2 Å². The molecule has 3 aromatic rings. The Balaban J connectivity index is 1.68. The Hall–Kier alpha value is -2.57. The Morgan fingerprint density at radius 3 is 2.62 bits per heavy atom. The summed E-state index contributed by atoms with van der Waals surface area (Å²) >= 11 is 7.46. The number of hydrogen-bond donors (Lipinski definition) is 1. The lowest BCUT2D eigenvalue weighted by Crippen LogP contribution is -2.23. The number of methoxy groups -OCH3 is 2. The van der Waals surface area contributed by atoms with Gasteiger partial charge in [-0.15, -0.1) is 11.3 Å². The minimum atomic E-state index is -0.259. The summed E-state index contributed by atoms with van der Waals surface area (Å²) in [6, 6.07) is 12.6. The molecule has 0 saturated heterocycles. The number of aromatic nitrogens is 1. The van der Waals surface area contributed by atoms with Crippen LogP contribution in [-0.4, -0.2) is 25.1 Å². The maximum Gasteiger partial charge on any atom is 0.255 e. The molecule has 0 aliphatic heterocycles. The molecule has 0 aliphatic carbocycles. The van der Waals surface area contributed by atoms with Gasteiger partial charge in [-0.3, -0.25) is 4.79 Å². The summed E-state index contributed by atoms with van der Waals surface area (Å²) in [5.74, 6) is 1.02. The average Bonchev–Trinajstić information content (AvgIpc) is 3.15. The van der Waals surface area contributed by atoms with Gasteiger partial charge in [0.25, 0.3) is 5.91 Å². The van der Waals surface area contributed by atoms with Crippen molar-refractivity contribution in [3.05, 3.63) is 63.4 Å². The second kappa shape index (κ2) is 8.21. The molecule has 134 valence electrons. The fraction of sp³-hybridized carbons (Fsp3) is 0.158. The first kappa shape index (κ1) is 18.2. The third kappa shape index (κ3) is 4.15. The van der Waals surface area contributed by atoms with Crippen molar-refractivity contribution < 1.29 is 14.3 Å². The van der Waals surface area contributed by atoms with Gasteiger partial charge < -0.3 is 14.8 Å². The van der Waals surface area contributed by atoms with E-state index in [1.807, 2.05) is 29.6 Å². The molecule has 0 bridgehead atoms. The van der Waals surface area contributed by atoms with E-state index in [0.717, 1.165) is 22.0 Å². The fourth-order valence-corrected chi connectivity index (χ4v) is 3.31. The van der Waals surface area contributed by atoms with Gasteiger partial charge in [-0.2, -0.15) is 0 Å². The SMILES string of the molecule is COc1ccc(-c2csc(CNC(=O)c3cc(Cl)ccc3OC)n2)cc1. The third-order valence-electron chi connectivity index (χ3n) is 3.74. The maximum absolute atomic E-state index is 12.4. The number of halogens is 1. The number of benzene rings is 2. The Bertz CT molecular complexity index is 909. The van der Waals surface area contributed by atoms with Gasteiger partial charge in [0, 0.05) is 16.0 Å². The highest BCUT2D eigenvalue weighted by Gasteiger charge is 2.13. The predicted molar refractivity (Wildman–Crippen MR) is 103 cm³/mol. The summed E-state index contributed by atoms with van der Waals surface area (Å²) in [6.45, 7) is 0.329. The zero-order chi connectivity index (χ0) is 18.5. The third-order valence-corrected chi connectivity index (χ3v) is 4.83. The molecule has 3 rings (SSSR count). The van der Waals surface area contributed by atoms with Crippen molar-refractivity contribution in [2.45, 2.75) is 6.54 Å². The molecule has 0 spiro atoms. The van der Waals surface area contributed by atoms with Gasteiger partial charge in [0.15, 0.2) is 0 Å². The van der Waals surface area contributed by atoms with Crippen LogP contribution in [0, 0.1) is 0 Å². The Labute approximate surface area is 160 Å². The highest BCUT2D eigenvalue weighted by atomic mass is 35.5. The second-order valence-corrected chi connectivity index (χ2v) is 6.76. The normalized spacial score (nSPS) is 10.4. The molecule has 0 radical (unpaired) electrons. The molecule has 5 nitrogen and oxygen atoms in total. The zero-order valence-electron chi connectivity index (χ0n) is 14.3. The van der Waals surface area contributed by atoms with E-state index in [0.29, 0.717) is 22.9 Å². The quantitative estimate of drug-likeness (QED) is 0.679. The lowest BCUT2D eigenvalue weighted by Gasteiger charge is -2.08. The zero-order valence-corrected chi connectivity index (χ0v) is 15.9. The minimum absolute atomic E-state index is 0.259. The maximum atomic E-state index is 12.4. The molecule has 1 N–H and O–H groups in total. The van der Waals surface area contributed by atoms with E-state index in [2.05, 4.69) is 10.3 Å². The molecule has 1 aromatic heterocycles. The summed E-state index contributed by atoms with van der Waals surface area (Å²) in [4.78, 5) is 17.0. The first-order valence-electron chi connectivity index (χ1n) is 7.81. The van der Waals surface area contributed by atoms with Gasteiger partial charge in [0.1, 0.15) is 16.5 Å². The van der Waals surface area contributed by atoms with E-state index in [1.54, 1.807) is 25.3 Å². The number of carbonyl (C=O) groups is 1. The van der Waals surface area contributed by atoms with E-state index in [9.17, 15) is 4.79 Å². The second-order valence-electron chi connectivity index (χ2n) is 5.38. The number of nitrogens with zero attached hydrogens (tertiary/aromatic N) is 1. The van der Waals surface area contributed by atoms with Gasteiger partial charge in [-0.25, -0.2) is 4.98 Å². The number of rotatable bonds is 6. The summed E-state index contributed by atoms with van der Waals surface area (Å²) in [5.41, 5.74) is 2.25. The smallest absolute Gasteiger partial charge is 0.255 e. The van der Waals surface area contributed by atoms with Gasteiger partial charge in [-0.1, -0.05) is 11.6 Å². The first-order valence-corrected chi connectivity index (χ1v) is 9.07. The highest BCUT2D eigenvalue weighted by Crippen LogP contribution is 2.25. The van der Waals surface area contributed by atoms with Crippen molar-refractivity contribution in [1.82, 2.24) is 10.3 Å². The summed E-state index contributed by atoms with van der Waals surface area (Å²) < 4.78 is 10.4. The van der Waals surface area contributed by atoms with Crippen molar-refractivity contribution in [3.8, 4) is 22.8 Å². The van der Waals surface area contributed by atoms with E-state index in [-0.39, 0.29) is 5.91 Å². The topological polar surface area (TPSA) is 60.5 Å².